The molecule has 0 spiro atoms. The lowest BCUT2D eigenvalue weighted by Crippen LogP contribution is -2.46. The van der Waals surface area contributed by atoms with Gasteiger partial charge in [0.1, 0.15) is 5.60 Å². The Hall–Kier alpha value is -1.65. The van der Waals surface area contributed by atoms with Gasteiger partial charge < -0.3 is 14.2 Å². The van der Waals surface area contributed by atoms with Gasteiger partial charge in [-0.3, -0.25) is 0 Å². The second-order valence-corrected chi connectivity index (χ2v) is 7.43. The molecule has 1 saturated heterocycles. The molecule has 0 unspecified atom stereocenters. The van der Waals surface area contributed by atoms with E-state index in [2.05, 4.69) is 13.8 Å². The molecular weight excluding hydrogens is 282 g/mol. The SMILES string of the molecule is CC1=C(C)[C@H]2[C@@H]3C(C)=C(C)O[C@@H]3N(C(=O)OC(C)(C)C)[C@H]2O1. The number of rotatable bonds is 0. The molecule has 22 heavy (non-hydrogen) atoms. The van der Waals surface area contributed by atoms with E-state index in [-0.39, 0.29) is 30.4 Å². The van der Waals surface area contributed by atoms with Crippen LogP contribution >= 0.6 is 0 Å². The van der Waals surface area contributed by atoms with Crippen molar-refractivity contribution in [3.8, 4) is 0 Å². The highest BCUT2D eigenvalue weighted by atomic mass is 16.6. The molecule has 0 saturated carbocycles. The molecule has 5 heteroatoms. The van der Waals surface area contributed by atoms with Crippen molar-refractivity contribution in [2.75, 3.05) is 0 Å². The first-order chi connectivity index (χ1) is 10.1. The van der Waals surface area contributed by atoms with Gasteiger partial charge in [-0.05, 0) is 59.6 Å². The van der Waals surface area contributed by atoms with E-state index in [0.29, 0.717) is 0 Å². The van der Waals surface area contributed by atoms with Crippen molar-refractivity contribution in [3.63, 3.8) is 0 Å². The summed E-state index contributed by atoms with van der Waals surface area (Å²) in [6.07, 6.45) is -1.03. The van der Waals surface area contributed by atoms with E-state index in [1.165, 1.54) is 11.1 Å². The lowest BCUT2D eigenvalue weighted by molar-refractivity contribution is -0.0792. The summed E-state index contributed by atoms with van der Waals surface area (Å²) in [6, 6.07) is 0. The molecule has 122 valence electrons. The smallest absolute Gasteiger partial charge is 0.416 e. The highest BCUT2D eigenvalue weighted by Gasteiger charge is 2.61. The van der Waals surface area contributed by atoms with Gasteiger partial charge in [0.05, 0.1) is 23.4 Å². The van der Waals surface area contributed by atoms with Gasteiger partial charge in [-0.15, -0.1) is 0 Å². The van der Waals surface area contributed by atoms with E-state index in [4.69, 9.17) is 14.2 Å². The molecule has 0 aromatic rings. The molecule has 4 atom stereocenters. The molecule has 3 aliphatic rings. The fraction of sp³-hybridized carbons (Fsp3) is 0.706. The number of carbonyl (C=O) groups is 1. The number of allylic oxidation sites excluding steroid dienone is 2. The van der Waals surface area contributed by atoms with Gasteiger partial charge in [-0.25, -0.2) is 9.69 Å². The Morgan fingerprint density at radius 1 is 0.955 bits per heavy atom. The van der Waals surface area contributed by atoms with E-state index in [1.807, 2.05) is 34.6 Å². The van der Waals surface area contributed by atoms with Crippen molar-refractivity contribution in [1.29, 1.82) is 0 Å². The normalized spacial score (nSPS) is 33.7. The Kier molecular flexibility index (Phi) is 3.24. The standard InChI is InChI=1S/C17H25NO4/c1-8-10(3)20-14-12(8)13-9(2)11(4)21-15(13)18(14)16(19)22-17(5,6)7/h12-15H,1-7H3/t12-,13-,14-,15-/m0/s1. The third kappa shape index (κ3) is 2.09. The van der Waals surface area contributed by atoms with Crippen LogP contribution in [0.4, 0.5) is 4.79 Å². The zero-order chi connectivity index (χ0) is 16.4. The molecule has 0 aliphatic carbocycles. The molecule has 0 N–H and O–H groups in total. The second-order valence-electron chi connectivity index (χ2n) is 7.43. The van der Waals surface area contributed by atoms with Crippen LogP contribution in [0.15, 0.2) is 22.7 Å². The summed E-state index contributed by atoms with van der Waals surface area (Å²) in [5.74, 6) is 2.10. The second kappa shape index (κ2) is 4.67. The Balaban J connectivity index is 1.95. The van der Waals surface area contributed by atoms with E-state index >= 15 is 0 Å². The third-order valence-corrected chi connectivity index (χ3v) is 4.86. The average Bonchev–Trinajstić information content (AvgIpc) is 2.91. The number of amides is 1. The van der Waals surface area contributed by atoms with Gasteiger partial charge in [-0.2, -0.15) is 0 Å². The summed E-state index contributed by atoms with van der Waals surface area (Å²) in [6.45, 7) is 13.7. The molecule has 3 heterocycles. The van der Waals surface area contributed by atoms with E-state index in [0.717, 1.165) is 11.5 Å². The van der Waals surface area contributed by atoms with Crippen molar-refractivity contribution in [2.45, 2.75) is 66.5 Å². The monoisotopic (exact) mass is 307 g/mol. The molecule has 3 rings (SSSR count). The molecule has 1 fully saturated rings. The molecule has 1 amide bonds. The first kappa shape index (κ1) is 15.3. The molecule has 0 aromatic carbocycles. The number of hydrogen-bond donors (Lipinski definition) is 0. The molecular formula is C17H25NO4. The lowest BCUT2D eigenvalue weighted by atomic mass is 9.84. The summed E-state index contributed by atoms with van der Waals surface area (Å²) in [5, 5.41) is 0. The molecule has 0 aromatic heterocycles. The van der Waals surface area contributed by atoms with Crippen LogP contribution in [0.2, 0.25) is 0 Å². The number of carbonyl (C=O) groups excluding carboxylic acids is 1. The lowest BCUT2D eigenvalue weighted by Gasteiger charge is -2.31. The van der Waals surface area contributed by atoms with Crippen molar-refractivity contribution in [1.82, 2.24) is 4.90 Å². The van der Waals surface area contributed by atoms with Gasteiger partial charge in [0.2, 0.25) is 0 Å². The number of hydrogen-bond acceptors (Lipinski definition) is 4. The molecule has 3 aliphatic heterocycles. The van der Waals surface area contributed by atoms with Gasteiger partial charge in [-0.1, -0.05) is 0 Å². The van der Waals surface area contributed by atoms with Crippen LogP contribution in [-0.4, -0.2) is 29.1 Å². The predicted octanol–water partition coefficient (Wildman–Crippen LogP) is 3.77. The minimum atomic E-state index is -0.545. The van der Waals surface area contributed by atoms with E-state index in [9.17, 15) is 4.79 Å². The van der Waals surface area contributed by atoms with Crippen molar-refractivity contribution in [3.05, 3.63) is 22.7 Å². The van der Waals surface area contributed by atoms with Crippen molar-refractivity contribution < 1.29 is 19.0 Å². The number of likely N-dealkylation sites (tertiary alicyclic amines) is 1. The highest BCUT2D eigenvalue weighted by Crippen LogP contribution is 2.53. The third-order valence-electron chi connectivity index (χ3n) is 4.86. The first-order valence-corrected chi connectivity index (χ1v) is 7.81. The van der Waals surface area contributed by atoms with E-state index in [1.54, 1.807) is 4.90 Å². The van der Waals surface area contributed by atoms with E-state index < -0.39 is 5.60 Å². The average molecular weight is 307 g/mol. The number of fused-ring (bicyclic) bond motifs is 3. The van der Waals surface area contributed by atoms with Gasteiger partial charge in [0.15, 0.2) is 12.5 Å². The minimum Gasteiger partial charge on any atom is -0.474 e. The minimum absolute atomic E-state index is 0.148. The first-order valence-electron chi connectivity index (χ1n) is 7.81. The Morgan fingerprint density at radius 3 is 1.73 bits per heavy atom. The van der Waals surface area contributed by atoms with Crippen LogP contribution in [0, 0.1) is 11.8 Å². The fourth-order valence-electron chi connectivity index (χ4n) is 3.61. The Bertz CT molecular complexity index is 546. The van der Waals surface area contributed by atoms with Crippen LogP contribution in [0.5, 0.6) is 0 Å². The molecule has 0 bridgehead atoms. The topological polar surface area (TPSA) is 48.0 Å². The van der Waals surface area contributed by atoms with Crippen LogP contribution < -0.4 is 0 Å². The maximum absolute atomic E-state index is 12.7. The van der Waals surface area contributed by atoms with Crippen LogP contribution in [0.3, 0.4) is 0 Å². The molecule has 5 nitrogen and oxygen atoms in total. The zero-order valence-corrected chi connectivity index (χ0v) is 14.4. The summed E-state index contributed by atoms with van der Waals surface area (Å²) < 4.78 is 17.5. The summed E-state index contributed by atoms with van der Waals surface area (Å²) in [4.78, 5) is 14.3. The largest absolute Gasteiger partial charge is 0.474 e. The van der Waals surface area contributed by atoms with Crippen LogP contribution in [0.1, 0.15) is 48.5 Å². The maximum atomic E-state index is 12.7. The van der Waals surface area contributed by atoms with Gasteiger partial charge in [0.25, 0.3) is 0 Å². The zero-order valence-electron chi connectivity index (χ0n) is 14.4. The Labute approximate surface area is 131 Å². The Morgan fingerprint density at radius 2 is 1.36 bits per heavy atom. The van der Waals surface area contributed by atoms with Gasteiger partial charge in [0, 0.05) is 0 Å². The number of nitrogens with zero attached hydrogens (tertiary/aromatic N) is 1. The molecule has 0 radical (unpaired) electrons. The predicted molar refractivity (Wildman–Crippen MR) is 81.5 cm³/mol. The highest BCUT2D eigenvalue weighted by molar-refractivity contribution is 5.70. The van der Waals surface area contributed by atoms with Crippen molar-refractivity contribution >= 4 is 6.09 Å². The summed E-state index contributed by atoms with van der Waals surface area (Å²) in [5.41, 5.74) is 1.85. The van der Waals surface area contributed by atoms with Crippen LogP contribution in [0.25, 0.3) is 0 Å². The summed E-state index contributed by atoms with van der Waals surface area (Å²) in [7, 11) is 0. The fourth-order valence-corrected chi connectivity index (χ4v) is 3.61. The van der Waals surface area contributed by atoms with Crippen molar-refractivity contribution in [2.24, 2.45) is 11.8 Å². The summed E-state index contributed by atoms with van der Waals surface area (Å²) >= 11 is 0. The quantitative estimate of drug-likeness (QED) is 0.683. The van der Waals surface area contributed by atoms with Gasteiger partial charge >= 0.3 is 6.09 Å². The van der Waals surface area contributed by atoms with Crippen LogP contribution in [-0.2, 0) is 14.2 Å². The maximum Gasteiger partial charge on any atom is 0.416 e. The number of ether oxygens (including phenoxy) is 3.